The van der Waals surface area contributed by atoms with Gasteiger partial charge in [0.1, 0.15) is 0 Å². The summed E-state index contributed by atoms with van der Waals surface area (Å²) in [5.74, 6) is 1.01. The van der Waals surface area contributed by atoms with Crippen molar-refractivity contribution >= 4 is 5.91 Å². The molecule has 0 aromatic carbocycles. The molecule has 0 saturated carbocycles. The predicted octanol–water partition coefficient (Wildman–Crippen LogP) is 2.81. The lowest BCUT2D eigenvalue weighted by atomic mass is 9.98. The van der Waals surface area contributed by atoms with Crippen LogP contribution in [0, 0.1) is 5.92 Å². The molecule has 0 spiro atoms. The van der Waals surface area contributed by atoms with Crippen LogP contribution in [-0.4, -0.2) is 43.4 Å². The first kappa shape index (κ1) is 16.4. The van der Waals surface area contributed by atoms with Gasteiger partial charge in [0.05, 0.1) is 0 Å². The number of rotatable bonds is 8. The van der Waals surface area contributed by atoms with Crippen LogP contribution in [0.25, 0.3) is 0 Å². The fraction of sp³-hybridized carbons (Fsp3) is 0.933. The smallest absolute Gasteiger partial charge is 0.222 e. The second kappa shape index (κ2) is 9.32. The molecule has 0 aromatic heterocycles. The molecule has 1 amide bonds. The van der Waals surface area contributed by atoms with Gasteiger partial charge in [-0.05, 0) is 32.6 Å². The van der Waals surface area contributed by atoms with Crippen molar-refractivity contribution in [1.82, 2.24) is 4.90 Å². The highest BCUT2D eigenvalue weighted by Crippen LogP contribution is 2.21. The van der Waals surface area contributed by atoms with Crippen LogP contribution >= 0.6 is 0 Å². The van der Waals surface area contributed by atoms with Crippen LogP contribution < -0.4 is 0 Å². The van der Waals surface area contributed by atoms with Gasteiger partial charge in [-0.25, -0.2) is 0 Å². The normalized spacial score (nSPS) is 20.9. The minimum atomic E-state index is -0.173. The highest BCUT2D eigenvalue weighted by Gasteiger charge is 2.22. The number of carbonyl (C=O) groups excluding carboxylic acids is 1. The van der Waals surface area contributed by atoms with Gasteiger partial charge in [-0.1, -0.05) is 13.3 Å². The van der Waals surface area contributed by atoms with Crippen molar-refractivity contribution in [3.8, 4) is 0 Å². The van der Waals surface area contributed by atoms with Gasteiger partial charge >= 0.3 is 0 Å². The molecule has 0 radical (unpaired) electrons. The Morgan fingerprint density at radius 2 is 1.89 bits per heavy atom. The van der Waals surface area contributed by atoms with E-state index < -0.39 is 0 Å². The Labute approximate surface area is 117 Å². The Balaban J connectivity index is 2.39. The molecule has 1 unspecified atom stereocenters. The third-order valence-electron chi connectivity index (χ3n) is 3.84. The molecular formula is C15H29NO3. The monoisotopic (exact) mass is 271 g/mol. The molecular weight excluding hydrogens is 242 g/mol. The van der Waals surface area contributed by atoms with E-state index in [0.717, 1.165) is 32.4 Å². The maximum absolute atomic E-state index is 12.0. The van der Waals surface area contributed by atoms with Gasteiger partial charge in [0.25, 0.3) is 0 Å². The summed E-state index contributed by atoms with van der Waals surface area (Å²) in [4.78, 5) is 14.0. The molecule has 0 bridgehead atoms. The van der Waals surface area contributed by atoms with Crippen LogP contribution in [0.15, 0.2) is 0 Å². The van der Waals surface area contributed by atoms with Crippen molar-refractivity contribution in [3.05, 3.63) is 0 Å². The number of amides is 1. The van der Waals surface area contributed by atoms with Gasteiger partial charge < -0.3 is 14.4 Å². The van der Waals surface area contributed by atoms with E-state index in [1.165, 1.54) is 6.42 Å². The van der Waals surface area contributed by atoms with E-state index in [1.807, 2.05) is 18.7 Å². The second-order valence-corrected chi connectivity index (χ2v) is 5.11. The molecule has 112 valence electrons. The third kappa shape index (κ3) is 5.91. The first-order valence-corrected chi connectivity index (χ1v) is 7.72. The fourth-order valence-corrected chi connectivity index (χ4v) is 2.59. The quantitative estimate of drug-likeness (QED) is 0.637. The number of carbonyl (C=O) groups is 1. The lowest BCUT2D eigenvalue weighted by molar-refractivity contribution is -0.146. The van der Waals surface area contributed by atoms with Crippen molar-refractivity contribution in [3.63, 3.8) is 0 Å². The van der Waals surface area contributed by atoms with Gasteiger partial charge in [-0.2, -0.15) is 0 Å². The zero-order valence-electron chi connectivity index (χ0n) is 12.7. The molecule has 19 heavy (non-hydrogen) atoms. The molecule has 1 saturated heterocycles. The summed E-state index contributed by atoms with van der Waals surface area (Å²) in [6.45, 7) is 9.09. The lowest BCUT2D eigenvalue weighted by Crippen LogP contribution is -2.34. The standard InChI is InChI=1S/C15H29NO3/c1-4-13-7-8-14(17)16(11-9-13)12-10-15(18-5-2)19-6-3/h13,15H,4-12H2,1-3H3. The van der Waals surface area contributed by atoms with Crippen molar-refractivity contribution in [1.29, 1.82) is 0 Å². The summed E-state index contributed by atoms with van der Waals surface area (Å²) in [7, 11) is 0. The lowest BCUT2D eigenvalue weighted by Gasteiger charge is -2.24. The summed E-state index contributed by atoms with van der Waals surface area (Å²) in [6, 6.07) is 0. The summed E-state index contributed by atoms with van der Waals surface area (Å²) in [6.07, 6.45) is 4.66. The van der Waals surface area contributed by atoms with E-state index in [2.05, 4.69) is 6.92 Å². The Morgan fingerprint density at radius 3 is 2.47 bits per heavy atom. The zero-order chi connectivity index (χ0) is 14.1. The van der Waals surface area contributed by atoms with Crippen LogP contribution in [0.4, 0.5) is 0 Å². The maximum atomic E-state index is 12.0. The van der Waals surface area contributed by atoms with Crippen molar-refractivity contribution in [2.75, 3.05) is 26.3 Å². The number of likely N-dealkylation sites (tertiary alicyclic amines) is 1. The van der Waals surface area contributed by atoms with Crippen LogP contribution in [0.3, 0.4) is 0 Å². The molecule has 1 atom stereocenters. The zero-order valence-corrected chi connectivity index (χ0v) is 12.7. The molecule has 1 rings (SSSR count). The van der Waals surface area contributed by atoms with E-state index in [4.69, 9.17) is 9.47 Å². The molecule has 1 aliphatic rings. The maximum Gasteiger partial charge on any atom is 0.222 e. The van der Waals surface area contributed by atoms with E-state index in [-0.39, 0.29) is 6.29 Å². The second-order valence-electron chi connectivity index (χ2n) is 5.11. The number of hydrogen-bond acceptors (Lipinski definition) is 3. The van der Waals surface area contributed by atoms with E-state index in [0.29, 0.717) is 31.5 Å². The number of nitrogens with zero attached hydrogens (tertiary/aromatic N) is 1. The van der Waals surface area contributed by atoms with Gasteiger partial charge in [-0.15, -0.1) is 0 Å². The van der Waals surface area contributed by atoms with Crippen LogP contribution in [-0.2, 0) is 14.3 Å². The van der Waals surface area contributed by atoms with Crippen LogP contribution in [0.1, 0.15) is 52.9 Å². The topological polar surface area (TPSA) is 38.8 Å². The van der Waals surface area contributed by atoms with Crippen LogP contribution in [0.5, 0.6) is 0 Å². The molecule has 4 nitrogen and oxygen atoms in total. The molecule has 1 heterocycles. The van der Waals surface area contributed by atoms with Crippen molar-refractivity contribution in [2.45, 2.75) is 59.2 Å². The molecule has 1 fully saturated rings. The van der Waals surface area contributed by atoms with E-state index in [1.54, 1.807) is 0 Å². The summed E-state index contributed by atoms with van der Waals surface area (Å²) in [5, 5.41) is 0. The van der Waals surface area contributed by atoms with Gasteiger partial charge in [0, 0.05) is 39.1 Å². The molecule has 1 aliphatic heterocycles. The van der Waals surface area contributed by atoms with E-state index in [9.17, 15) is 4.79 Å². The highest BCUT2D eigenvalue weighted by molar-refractivity contribution is 5.76. The highest BCUT2D eigenvalue weighted by atomic mass is 16.7. The van der Waals surface area contributed by atoms with Gasteiger partial charge in [0.15, 0.2) is 6.29 Å². The molecule has 0 aromatic rings. The summed E-state index contributed by atoms with van der Waals surface area (Å²) in [5.41, 5.74) is 0. The molecule has 4 heteroatoms. The minimum absolute atomic E-state index is 0.173. The summed E-state index contributed by atoms with van der Waals surface area (Å²) >= 11 is 0. The van der Waals surface area contributed by atoms with Crippen LogP contribution in [0.2, 0.25) is 0 Å². The first-order valence-electron chi connectivity index (χ1n) is 7.72. The fourth-order valence-electron chi connectivity index (χ4n) is 2.59. The average molecular weight is 271 g/mol. The minimum Gasteiger partial charge on any atom is -0.353 e. The Bertz CT molecular complexity index is 252. The Kier molecular flexibility index (Phi) is 8.07. The van der Waals surface area contributed by atoms with Crippen molar-refractivity contribution in [2.24, 2.45) is 5.92 Å². The first-order chi connectivity index (χ1) is 9.21. The Hall–Kier alpha value is -0.610. The average Bonchev–Trinajstić information content (AvgIpc) is 2.59. The molecule has 0 aliphatic carbocycles. The number of ether oxygens (including phenoxy) is 2. The van der Waals surface area contributed by atoms with E-state index >= 15 is 0 Å². The predicted molar refractivity (Wildman–Crippen MR) is 75.9 cm³/mol. The third-order valence-corrected chi connectivity index (χ3v) is 3.84. The van der Waals surface area contributed by atoms with Crippen molar-refractivity contribution < 1.29 is 14.3 Å². The SMILES string of the molecule is CCOC(CCN1CCC(CC)CCC1=O)OCC. The largest absolute Gasteiger partial charge is 0.353 e. The molecule has 0 N–H and O–H groups in total. The summed E-state index contributed by atoms with van der Waals surface area (Å²) < 4.78 is 11.0. The van der Waals surface area contributed by atoms with Gasteiger partial charge in [0.2, 0.25) is 5.91 Å². The van der Waals surface area contributed by atoms with Gasteiger partial charge in [-0.3, -0.25) is 4.79 Å². The Morgan fingerprint density at radius 1 is 1.21 bits per heavy atom. The number of hydrogen-bond donors (Lipinski definition) is 0.